The summed E-state index contributed by atoms with van der Waals surface area (Å²) in [7, 11) is 0. The van der Waals surface area contributed by atoms with E-state index in [9.17, 15) is 14.9 Å². The quantitative estimate of drug-likeness (QED) is 0.463. The van der Waals surface area contributed by atoms with E-state index >= 15 is 0 Å². The third kappa shape index (κ3) is 2.65. The smallest absolute Gasteiger partial charge is 0.293 e. The molecule has 0 spiro atoms. The lowest BCUT2D eigenvalue weighted by Crippen LogP contribution is -2.26. The van der Waals surface area contributed by atoms with Crippen LogP contribution in [0.5, 0.6) is 0 Å². The van der Waals surface area contributed by atoms with Gasteiger partial charge >= 0.3 is 0 Å². The van der Waals surface area contributed by atoms with E-state index in [0.717, 1.165) is 13.0 Å². The summed E-state index contributed by atoms with van der Waals surface area (Å²) in [4.78, 5) is 23.2. The second kappa shape index (κ2) is 5.59. The number of carbonyl (C=O) groups is 1. The highest BCUT2D eigenvalue weighted by molar-refractivity contribution is 5.79. The van der Waals surface area contributed by atoms with Gasteiger partial charge < -0.3 is 9.64 Å². The van der Waals surface area contributed by atoms with Crippen LogP contribution in [0.3, 0.4) is 0 Å². The second-order valence-electron chi connectivity index (χ2n) is 4.08. The average molecular weight is 250 g/mol. The van der Waals surface area contributed by atoms with E-state index in [1.54, 1.807) is 12.1 Å². The van der Waals surface area contributed by atoms with Gasteiger partial charge in [0.1, 0.15) is 12.0 Å². The number of benzene rings is 1. The molecule has 0 N–H and O–H groups in total. The van der Waals surface area contributed by atoms with Crippen molar-refractivity contribution >= 4 is 17.7 Å². The SMILES string of the molecule is O=Cc1ccc(N2CCCOCC2)c([N+](=O)[O-])c1. The predicted octanol–water partition coefficient (Wildman–Crippen LogP) is 1.63. The van der Waals surface area contributed by atoms with Gasteiger partial charge in [0.15, 0.2) is 0 Å². The monoisotopic (exact) mass is 250 g/mol. The van der Waals surface area contributed by atoms with Gasteiger partial charge in [-0.05, 0) is 18.6 Å². The van der Waals surface area contributed by atoms with Gasteiger partial charge in [-0.1, -0.05) is 0 Å². The molecule has 1 fully saturated rings. The van der Waals surface area contributed by atoms with E-state index in [2.05, 4.69) is 0 Å². The Morgan fingerprint density at radius 1 is 1.33 bits per heavy atom. The van der Waals surface area contributed by atoms with Crippen LogP contribution in [-0.2, 0) is 4.74 Å². The third-order valence-electron chi connectivity index (χ3n) is 2.90. The molecule has 1 aliphatic rings. The zero-order valence-electron chi connectivity index (χ0n) is 9.87. The van der Waals surface area contributed by atoms with Crippen LogP contribution in [0.25, 0.3) is 0 Å². The Hall–Kier alpha value is -1.95. The maximum atomic E-state index is 11.1. The van der Waals surface area contributed by atoms with Gasteiger partial charge in [-0.2, -0.15) is 0 Å². The molecule has 1 aromatic carbocycles. The van der Waals surface area contributed by atoms with Crippen LogP contribution in [0.4, 0.5) is 11.4 Å². The first-order valence-corrected chi connectivity index (χ1v) is 5.78. The lowest BCUT2D eigenvalue weighted by atomic mass is 10.1. The Kier molecular flexibility index (Phi) is 3.88. The van der Waals surface area contributed by atoms with Gasteiger partial charge in [0, 0.05) is 31.3 Å². The number of ether oxygens (including phenoxy) is 1. The highest BCUT2D eigenvalue weighted by Gasteiger charge is 2.20. The van der Waals surface area contributed by atoms with E-state index in [0.29, 0.717) is 37.3 Å². The first-order valence-electron chi connectivity index (χ1n) is 5.78. The first kappa shape index (κ1) is 12.5. The van der Waals surface area contributed by atoms with Crippen molar-refractivity contribution < 1.29 is 14.5 Å². The number of carbonyl (C=O) groups excluding carboxylic acids is 1. The molecule has 6 nitrogen and oxygen atoms in total. The van der Waals surface area contributed by atoms with Crippen LogP contribution >= 0.6 is 0 Å². The van der Waals surface area contributed by atoms with Crippen molar-refractivity contribution in [1.82, 2.24) is 0 Å². The number of nitrogens with zero attached hydrogens (tertiary/aromatic N) is 2. The molecule has 0 unspecified atom stereocenters. The molecule has 0 atom stereocenters. The van der Waals surface area contributed by atoms with E-state index in [-0.39, 0.29) is 5.69 Å². The van der Waals surface area contributed by atoms with Crippen LogP contribution in [0.15, 0.2) is 18.2 Å². The zero-order valence-corrected chi connectivity index (χ0v) is 9.87. The van der Waals surface area contributed by atoms with Crippen LogP contribution in [0.2, 0.25) is 0 Å². The van der Waals surface area contributed by atoms with Crippen molar-refractivity contribution in [3.05, 3.63) is 33.9 Å². The molecule has 0 amide bonds. The summed E-state index contributed by atoms with van der Waals surface area (Å²) >= 11 is 0. The lowest BCUT2D eigenvalue weighted by molar-refractivity contribution is -0.384. The summed E-state index contributed by atoms with van der Waals surface area (Å²) < 4.78 is 5.32. The summed E-state index contributed by atoms with van der Waals surface area (Å²) in [5.41, 5.74) is 0.842. The molecule has 2 rings (SSSR count). The number of aldehydes is 1. The van der Waals surface area contributed by atoms with Crippen LogP contribution < -0.4 is 4.90 Å². The highest BCUT2D eigenvalue weighted by atomic mass is 16.6. The zero-order chi connectivity index (χ0) is 13.0. The molecule has 0 aromatic heterocycles. The van der Waals surface area contributed by atoms with Crippen molar-refractivity contribution in [3.8, 4) is 0 Å². The molecule has 96 valence electrons. The predicted molar refractivity (Wildman–Crippen MR) is 66.1 cm³/mol. The number of anilines is 1. The Bertz CT molecular complexity index is 453. The molecule has 1 heterocycles. The van der Waals surface area contributed by atoms with Crippen molar-refractivity contribution in [2.75, 3.05) is 31.2 Å². The fourth-order valence-corrected chi connectivity index (χ4v) is 2.01. The van der Waals surface area contributed by atoms with E-state index in [4.69, 9.17) is 4.74 Å². The molecular formula is C12H14N2O4. The van der Waals surface area contributed by atoms with Gasteiger partial charge in [-0.3, -0.25) is 14.9 Å². The Morgan fingerprint density at radius 2 is 2.17 bits per heavy atom. The summed E-state index contributed by atoms with van der Waals surface area (Å²) in [6, 6.07) is 4.54. The van der Waals surface area contributed by atoms with Crippen LogP contribution in [0.1, 0.15) is 16.8 Å². The van der Waals surface area contributed by atoms with Crippen molar-refractivity contribution in [2.24, 2.45) is 0 Å². The van der Waals surface area contributed by atoms with E-state index < -0.39 is 4.92 Å². The third-order valence-corrected chi connectivity index (χ3v) is 2.90. The summed E-state index contributed by atoms with van der Waals surface area (Å²) in [5, 5.41) is 11.1. The molecule has 1 aromatic rings. The summed E-state index contributed by atoms with van der Waals surface area (Å²) in [5.74, 6) is 0. The second-order valence-corrected chi connectivity index (χ2v) is 4.08. The highest BCUT2D eigenvalue weighted by Crippen LogP contribution is 2.29. The Labute approximate surface area is 104 Å². The largest absolute Gasteiger partial charge is 0.380 e. The Balaban J connectivity index is 2.35. The summed E-state index contributed by atoms with van der Waals surface area (Å²) in [6.45, 7) is 2.59. The minimum Gasteiger partial charge on any atom is -0.380 e. The fourth-order valence-electron chi connectivity index (χ4n) is 2.01. The fraction of sp³-hybridized carbons (Fsp3) is 0.417. The van der Waals surface area contributed by atoms with Gasteiger partial charge in [0.25, 0.3) is 5.69 Å². The molecule has 0 aliphatic carbocycles. The van der Waals surface area contributed by atoms with Gasteiger partial charge in [-0.25, -0.2) is 0 Å². The number of hydrogen-bond acceptors (Lipinski definition) is 5. The minimum atomic E-state index is -0.450. The maximum Gasteiger partial charge on any atom is 0.293 e. The molecule has 1 saturated heterocycles. The molecule has 6 heteroatoms. The molecule has 0 bridgehead atoms. The Morgan fingerprint density at radius 3 is 2.89 bits per heavy atom. The van der Waals surface area contributed by atoms with Crippen LogP contribution in [-0.4, -0.2) is 37.5 Å². The van der Waals surface area contributed by atoms with Gasteiger partial charge in [0.05, 0.1) is 11.5 Å². The average Bonchev–Trinajstić information content (AvgIpc) is 2.66. The maximum absolute atomic E-state index is 11.1. The minimum absolute atomic E-state index is 0.0264. The normalized spacial score (nSPS) is 16.1. The lowest BCUT2D eigenvalue weighted by Gasteiger charge is -2.21. The van der Waals surface area contributed by atoms with E-state index in [1.165, 1.54) is 6.07 Å². The van der Waals surface area contributed by atoms with Crippen molar-refractivity contribution in [1.29, 1.82) is 0 Å². The molecule has 1 aliphatic heterocycles. The molecule has 0 radical (unpaired) electrons. The first-order chi connectivity index (χ1) is 8.72. The number of nitro benzene ring substituents is 1. The summed E-state index contributed by atoms with van der Waals surface area (Å²) in [6.07, 6.45) is 1.45. The molecular weight excluding hydrogens is 236 g/mol. The van der Waals surface area contributed by atoms with Gasteiger partial charge in [-0.15, -0.1) is 0 Å². The number of nitro groups is 1. The van der Waals surface area contributed by atoms with Crippen molar-refractivity contribution in [3.63, 3.8) is 0 Å². The number of hydrogen-bond donors (Lipinski definition) is 0. The van der Waals surface area contributed by atoms with Gasteiger partial charge in [0.2, 0.25) is 0 Å². The standard InChI is InChI=1S/C12H14N2O4/c15-9-10-2-3-11(12(8-10)14(16)17)13-4-1-6-18-7-5-13/h2-3,8-9H,1,4-7H2. The topological polar surface area (TPSA) is 72.7 Å². The molecule has 18 heavy (non-hydrogen) atoms. The van der Waals surface area contributed by atoms with E-state index in [1.807, 2.05) is 4.90 Å². The molecule has 0 saturated carbocycles. The van der Waals surface area contributed by atoms with Crippen molar-refractivity contribution in [2.45, 2.75) is 6.42 Å². The van der Waals surface area contributed by atoms with Crippen LogP contribution in [0, 0.1) is 10.1 Å². The number of rotatable bonds is 3.